The van der Waals surface area contributed by atoms with E-state index in [1.165, 1.54) is 0 Å². The number of hydrogen-bond acceptors (Lipinski definition) is 0. The fourth-order valence-corrected chi connectivity index (χ4v) is 0. The molecule has 0 heterocycles. The van der Waals surface area contributed by atoms with Gasteiger partial charge >= 0.3 is 0 Å². The van der Waals surface area contributed by atoms with Crippen molar-refractivity contribution in [1.82, 2.24) is 0 Å². The van der Waals surface area contributed by atoms with Crippen LogP contribution in [0.4, 0.5) is 0 Å². The van der Waals surface area contributed by atoms with E-state index in [1.807, 2.05) is 0 Å². The van der Waals surface area contributed by atoms with Crippen LogP contribution in [0.25, 0.3) is 0 Å². The number of hydrogen-bond donors (Lipinski definition) is 0. The first-order chi connectivity index (χ1) is 0. The zero-order chi connectivity index (χ0) is 0. The van der Waals surface area contributed by atoms with Crippen LogP contribution < -0.4 is 0 Å². The van der Waals surface area contributed by atoms with Crippen LogP contribution >= 0.6 is 0 Å². The molecule has 0 aliphatic heterocycles. The largest absolute Gasteiger partial charge is 0 e. The average molecular weight is 4600 g/mol. The predicted octanol–water partition coefficient (Wildman–Crippen LogP) is -0.0625. The third kappa shape index (κ3) is 214. The van der Waals surface area contributed by atoms with Crippen LogP contribution in [-0.2, 0) is 527 Å². The molecule has 0 aromatic rings. The van der Waals surface area contributed by atoms with Gasteiger partial charge in [-0.25, -0.2) is 0 Å². The Morgan fingerprint density at radius 2 is 0.0400 bits per heavy atom. The molecule has 0 aliphatic rings. The second kappa shape index (κ2) is 225. The molecule has 0 radical (unpaired) electrons. The summed E-state index contributed by atoms with van der Waals surface area (Å²) < 4.78 is 0. The number of rotatable bonds is 0. The van der Waals surface area contributed by atoms with Crippen LogP contribution in [0.3, 0.4) is 0 Å². The molecule has 0 atom stereocenters. The van der Waals surface area contributed by atoms with E-state index in [2.05, 4.69) is 0 Å². The van der Waals surface area contributed by atoms with Gasteiger partial charge < -0.3 is 0 Å². The quantitative estimate of drug-likeness (QED) is 0.320. The Bertz CT molecular complexity index is 0. The molecule has 0 unspecified atom stereocenters. The monoisotopic (exact) mass is 4600 g/mol. The first-order valence-electron chi connectivity index (χ1n) is 0. The van der Waals surface area contributed by atoms with Crippen LogP contribution in [-0.4, -0.2) is 0 Å². The zero-order valence-corrected chi connectivity index (χ0v) is 83.5. The van der Waals surface area contributed by atoms with E-state index < -0.39 is 0 Å². The Kier molecular flexibility index (Phi) is 2180. The maximum absolute atomic E-state index is 0. The van der Waals surface area contributed by atoms with E-state index in [-0.39, 0.29) is 527 Å². The standard InChI is InChI=1S/25W. The van der Waals surface area contributed by atoms with Gasteiger partial charge in [0, 0.05) is 527 Å². The van der Waals surface area contributed by atoms with Crippen molar-refractivity contribution < 1.29 is 527 Å². The van der Waals surface area contributed by atoms with Crippen LogP contribution in [0.15, 0.2) is 0 Å². The summed E-state index contributed by atoms with van der Waals surface area (Å²) in [6.45, 7) is 0. The van der Waals surface area contributed by atoms with Crippen molar-refractivity contribution in [1.29, 1.82) is 0 Å². The molecule has 0 aromatic heterocycles. The SMILES string of the molecule is [W].[W].[W].[W].[W].[W].[W].[W].[W].[W].[W].[W].[W].[W].[W].[W].[W].[W].[W].[W].[W].[W].[W].[W].[W]. The molecule has 0 nitrogen and oxygen atoms in total. The fraction of sp³-hybridized carbons (Fsp3) is 0. The van der Waals surface area contributed by atoms with Crippen molar-refractivity contribution in [2.75, 3.05) is 0 Å². The van der Waals surface area contributed by atoms with Crippen LogP contribution in [0.2, 0.25) is 0 Å². The van der Waals surface area contributed by atoms with Crippen LogP contribution in [0.5, 0.6) is 0 Å². The molecule has 25 heavy (non-hydrogen) atoms. The fourth-order valence-electron chi connectivity index (χ4n) is 0. The molecule has 0 amide bonds. The topological polar surface area (TPSA) is 0 Å². The predicted molar refractivity (Wildman–Crippen MR) is 0 cm³/mol. The van der Waals surface area contributed by atoms with Crippen molar-refractivity contribution in [3.05, 3.63) is 0 Å². The van der Waals surface area contributed by atoms with Crippen molar-refractivity contribution in [3.63, 3.8) is 0 Å². The third-order valence-electron chi connectivity index (χ3n) is 0. The van der Waals surface area contributed by atoms with Gasteiger partial charge in [0.25, 0.3) is 0 Å². The minimum Gasteiger partial charge on any atom is 0 e. The Labute approximate surface area is 511 Å². The summed E-state index contributed by atoms with van der Waals surface area (Å²) in [5, 5.41) is 0. The van der Waals surface area contributed by atoms with Gasteiger partial charge in [0.1, 0.15) is 0 Å². The summed E-state index contributed by atoms with van der Waals surface area (Å²) in [5.74, 6) is 0. The summed E-state index contributed by atoms with van der Waals surface area (Å²) >= 11 is 0. The van der Waals surface area contributed by atoms with Crippen LogP contribution in [0, 0.1) is 0 Å². The van der Waals surface area contributed by atoms with Gasteiger partial charge in [0.2, 0.25) is 0 Å². The first-order valence-corrected chi connectivity index (χ1v) is 0. The molecule has 0 bridgehead atoms. The van der Waals surface area contributed by atoms with E-state index in [9.17, 15) is 0 Å². The molecule has 0 aromatic carbocycles. The minimum atomic E-state index is 0. The van der Waals surface area contributed by atoms with Crippen molar-refractivity contribution >= 4 is 0 Å². The molecule has 0 spiro atoms. The summed E-state index contributed by atoms with van der Waals surface area (Å²) in [4.78, 5) is 0. The Balaban J connectivity index is 0. The second-order valence-electron chi connectivity index (χ2n) is 0. The normalized spacial score (nSPS) is 0. The Morgan fingerprint density at radius 3 is 0.0400 bits per heavy atom. The molecule has 25 heteroatoms. The van der Waals surface area contributed by atoms with Gasteiger partial charge in [0.15, 0.2) is 0 Å². The van der Waals surface area contributed by atoms with E-state index in [0.717, 1.165) is 0 Å². The molecule has 150 valence electrons. The zero-order valence-electron chi connectivity index (χ0n) is 10.2. The summed E-state index contributed by atoms with van der Waals surface area (Å²) in [6.07, 6.45) is 0. The van der Waals surface area contributed by atoms with Crippen molar-refractivity contribution in [3.8, 4) is 0 Å². The molecular formula is W25. The Hall–Kier alpha value is 17.2. The molecule has 0 aliphatic carbocycles. The average Bonchev–Trinajstić information content (AvgIpc) is 0. The van der Waals surface area contributed by atoms with Gasteiger partial charge in [-0.15, -0.1) is 0 Å². The molecule has 0 N–H and O–H groups in total. The maximum Gasteiger partial charge on any atom is 0 e. The van der Waals surface area contributed by atoms with Crippen LogP contribution in [0.1, 0.15) is 0 Å². The van der Waals surface area contributed by atoms with Crippen molar-refractivity contribution in [2.24, 2.45) is 0 Å². The van der Waals surface area contributed by atoms with Gasteiger partial charge in [-0.05, 0) is 0 Å². The van der Waals surface area contributed by atoms with Gasteiger partial charge in [-0.2, -0.15) is 0 Å². The van der Waals surface area contributed by atoms with E-state index in [1.54, 1.807) is 0 Å². The van der Waals surface area contributed by atoms with Gasteiger partial charge in [0.05, 0.1) is 0 Å². The Morgan fingerprint density at radius 1 is 0.0400 bits per heavy atom. The van der Waals surface area contributed by atoms with E-state index in [4.69, 9.17) is 0 Å². The smallest absolute Gasteiger partial charge is 0 e. The second-order valence-corrected chi connectivity index (χ2v) is 0. The van der Waals surface area contributed by atoms with Gasteiger partial charge in [-0.1, -0.05) is 0 Å². The maximum atomic E-state index is 0. The van der Waals surface area contributed by atoms with Crippen molar-refractivity contribution in [2.45, 2.75) is 0 Å². The summed E-state index contributed by atoms with van der Waals surface area (Å²) in [5.41, 5.74) is 0. The van der Waals surface area contributed by atoms with E-state index >= 15 is 0 Å². The molecule has 0 fully saturated rings. The van der Waals surface area contributed by atoms with Gasteiger partial charge in [-0.3, -0.25) is 0 Å². The van der Waals surface area contributed by atoms with E-state index in [0.29, 0.717) is 0 Å². The molecule has 0 saturated heterocycles. The summed E-state index contributed by atoms with van der Waals surface area (Å²) in [7, 11) is 0. The molecule has 0 saturated carbocycles. The molecular weight excluding hydrogens is 4600 g/mol. The third-order valence-corrected chi connectivity index (χ3v) is 0. The molecule has 0 rings (SSSR count). The summed E-state index contributed by atoms with van der Waals surface area (Å²) in [6, 6.07) is 0. The minimum absolute atomic E-state index is 0. The first kappa shape index (κ1) is 242.